The number of carbonyl (C=O) groups excluding carboxylic acids is 1. The number of nitrogens with zero attached hydrogens (tertiary/aromatic N) is 4. The van der Waals surface area contributed by atoms with Crippen molar-refractivity contribution < 1.29 is 22.7 Å². The Morgan fingerprint density at radius 3 is 2.57 bits per heavy atom. The number of carbonyl (C=O) groups is 1. The number of nitrogens with one attached hydrogen (secondary N) is 2. The summed E-state index contributed by atoms with van der Waals surface area (Å²) in [5.41, 5.74) is 5.92. The van der Waals surface area contributed by atoms with E-state index in [1.807, 2.05) is 4.57 Å². The number of aromatic nitrogens is 4. The Hall–Kier alpha value is -3.41. The maximum Gasteiger partial charge on any atom is 0.416 e. The molecule has 2 aliphatic rings. The Balaban J connectivity index is 1.51. The van der Waals surface area contributed by atoms with E-state index in [0.717, 1.165) is 25.0 Å². The largest absolute Gasteiger partial charge is 0.416 e. The Morgan fingerprint density at radius 1 is 1.16 bits per heavy atom. The van der Waals surface area contributed by atoms with Gasteiger partial charge in [0.2, 0.25) is 17.8 Å². The molecule has 3 heterocycles. The average Bonchev–Trinajstić information content (AvgIpc) is 3.21. The fourth-order valence-electron chi connectivity index (χ4n) is 5.12. The molecule has 1 amide bonds. The lowest BCUT2D eigenvalue weighted by Crippen LogP contribution is -2.41. The predicted molar refractivity (Wildman–Crippen MR) is 132 cm³/mol. The van der Waals surface area contributed by atoms with Gasteiger partial charge >= 0.3 is 6.18 Å². The van der Waals surface area contributed by atoms with E-state index in [-0.39, 0.29) is 29.1 Å². The van der Waals surface area contributed by atoms with Gasteiger partial charge in [0, 0.05) is 36.4 Å². The van der Waals surface area contributed by atoms with Crippen LogP contribution < -0.4 is 16.4 Å². The first-order valence-electron chi connectivity index (χ1n) is 12.5. The topological polar surface area (TPSA) is 120 Å². The number of fused-ring (bicyclic) bond motifs is 1. The van der Waals surface area contributed by atoms with Gasteiger partial charge < -0.3 is 21.1 Å². The van der Waals surface area contributed by atoms with Gasteiger partial charge in [-0.05, 0) is 63.6 Å². The molecule has 3 aromatic rings. The number of rotatable bonds is 6. The molecule has 0 atom stereocenters. The number of halogens is 3. The number of imidazole rings is 1. The van der Waals surface area contributed by atoms with Crippen LogP contribution in [0.5, 0.6) is 0 Å². The molecular weight excluding hydrogens is 487 g/mol. The number of ether oxygens (including phenoxy) is 1. The van der Waals surface area contributed by atoms with Crippen LogP contribution in [0.4, 0.5) is 30.8 Å². The first-order chi connectivity index (χ1) is 17.6. The molecule has 0 bridgehead atoms. The van der Waals surface area contributed by atoms with Gasteiger partial charge in [0.1, 0.15) is 5.52 Å². The van der Waals surface area contributed by atoms with Crippen molar-refractivity contribution in [3.8, 4) is 0 Å². The van der Waals surface area contributed by atoms with Crippen molar-refractivity contribution in [1.82, 2.24) is 19.5 Å². The van der Waals surface area contributed by atoms with Crippen molar-refractivity contribution in [3.05, 3.63) is 36.0 Å². The van der Waals surface area contributed by atoms with Crippen molar-refractivity contribution >= 4 is 34.7 Å². The highest BCUT2D eigenvalue weighted by atomic mass is 19.4. The zero-order chi connectivity index (χ0) is 26.2. The van der Waals surface area contributed by atoms with E-state index in [4.69, 9.17) is 15.5 Å². The number of amides is 1. The van der Waals surface area contributed by atoms with Crippen LogP contribution in [0.2, 0.25) is 0 Å². The summed E-state index contributed by atoms with van der Waals surface area (Å²) < 4.78 is 47.3. The average molecular weight is 518 g/mol. The standard InChI is InChI=1S/C25H30F3N7O2/c1-24(9-11-37-12-10-24)34-22-30-14-19-21(33-22)35(18-7-5-15(6-8-18)20(29)36)23(32-19)31-17-4-2-3-16(13-17)25(26,27)28/h2-4,13-15,18H,5-12H2,1H3,(H2,29,36)(H,31,32)(H,30,33,34)/t15-,18-. The Kier molecular flexibility index (Phi) is 6.69. The van der Waals surface area contributed by atoms with Gasteiger partial charge in [-0.3, -0.25) is 9.36 Å². The first-order valence-corrected chi connectivity index (χ1v) is 12.5. The van der Waals surface area contributed by atoms with Crippen LogP contribution in [-0.2, 0) is 15.7 Å². The molecular formula is C25H30F3N7O2. The van der Waals surface area contributed by atoms with E-state index >= 15 is 0 Å². The third kappa shape index (κ3) is 5.48. The van der Waals surface area contributed by atoms with E-state index < -0.39 is 11.7 Å². The fourth-order valence-corrected chi connectivity index (χ4v) is 5.12. The summed E-state index contributed by atoms with van der Waals surface area (Å²) >= 11 is 0. The fraction of sp³-hybridized carbons (Fsp3) is 0.520. The number of anilines is 3. The van der Waals surface area contributed by atoms with Crippen molar-refractivity contribution in [2.24, 2.45) is 11.7 Å². The summed E-state index contributed by atoms with van der Waals surface area (Å²) in [5.74, 6) is 0.330. The van der Waals surface area contributed by atoms with Crippen LogP contribution in [0.3, 0.4) is 0 Å². The number of hydrogen-bond acceptors (Lipinski definition) is 7. The number of alkyl halides is 3. The smallest absolute Gasteiger partial charge is 0.381 e. The molecule has 4 N–H and O–H groups in total. The second-order valence-corrected chi connectivity index (χ2v) is 10.1. The van der Waals surface area contributed by atoms with Crippen LogP contribution in [0.15, 0.2) is 30.5 Å². The predicted octanol–water partition coefficient (Wildman–Crippen LogP) is 4.79. The summed E-state index contributed by atoms with van der Waals surface area (Å²) in [4.78, 5) is 25.6. The van der Waals surface area contributed by atoms with Crippen LogP contribution in [0.1, 0.15) is 57.1 Å². The van der Waals surface area contributed by atoms with Crippen LogP contribution in [-0.4, -0.2) is 44.2 Å². The highest BCUT2D eigenvalue weighted by Crippen LogP contribution is 2.38. The molecule has 2 fully saturated rings. The van der Waals surface area contributed by atoms with Gasteiger partial charge in [-0.15, -0.1) is 0 Å². The quantitative estimate of drug-likeness (QED) is 0.430. The molecule has 1 aromatic carbocycles. The summed E-state index contributed by atoms with van der Waals surface area (Å²) in [6, 6.07) is 4.94. The third-order valence-electron chi connectivity index (χ3n) is 7.35. The first kappa shape index (κ1) is 25.2. The van der Waals surface area contributed by atoms with Crippen LogP contribution >= 0.6 is 0 Å². The van der Waals surface area contributed by atoms with Gasteiger partial charge in [0.15, 0.2) is 5.65 Å². The van der Waals surface area contributed by atoms with Crippen LogP contribution in [0, 0.1) is 5.92 Å². The van der Waals surface area contributed by atoms with E-state index in [0.29, 0.717) is 62.0 Å². The van der Waals surface area contributed by atoms with Crippen molar-refractivity contribution in [3.63, 3.8) is 0 Å². The lowest BCUT2D eigenvalue weighted by atomic mass is 9.85. The van der Waals surface area contributed by atoms with Crippen LogP contribution in [0.25, 0.3) is 11.2 Å². The second-order valence-electron chi connectivity index (χ2n) is 10.1. The Labute approximate surface area is 212 Å². The van der Waals surface area contributed by atoms with Gasteiger partial charge in [0.05, 0.1) is 11.8 Å². The molecule has 5 rings (SSSR count). The molecule has 1 aliphatic heterocycles. The molecule has 0 unspecified atom stereocenters. The molecule has 2 aromatic heterocycles. The minimum Gasteiger partial charge on any atom is -0.381 e. The Morgan fingerprint density at radius 2 is 1.89 bits per heavy atom. The van der Waals surface area contributed by atoms with Gasteiger partial charge in [0.25, 0.3) is 0 Å². The summed E-state index contributed by atoms with van der Waals surface area (Å²) in [6.45, 7) is 3.40. The monoisotopic (exact) mass is 517 g/mol. The molecule has 1 aliphatic carbocycles. The molecule has 1 saturated carbocycles. The minimum atomic E-state index is -4.46. The minimum absolute atomic E-state index is 0.0599. The molecule has 0 radical (unpaired) electrons. The molecule has 198 valence electrons. The summed E-state index contributed by atoms with van der Waals surface area (Å²) in [7, 11) is 0. The van der Waals surface area contributed by atoms with E-state index in [9.17, 15) is 18.0 Å². The molecule has 37 heavy (non-hydrogen) atoms. The molecule has 0 spiro atoms. The number of benzene rings is 1. The van der Waals surface area contributed by atoms with Crippen molar-refractivity contribution in [2.75, 3.05) is 23.8 Å². The maximum atomic E-state index is 13.3. The SMILES string of the molecule is CC1(Nc2ncc3nc(Nc4cccc(C(F)(F)F)c4)n([C@H]4CC[C@H](C(N)=O)CC4)c3n2)CCOCC1. The van der Waals surface area contributed by atoms with Crippen molar-refractivity contribution in [1.29, 1.82) is 0 Å². The highest BCUT2D eigenvalue weighted by molar-refractivity contribution is 5.78. The van der Waals surface area contributed by atoms with E-state index in [2.05, 4.69) is 27.5 Å². The van der Waals surface area contributed by atoms with Gasteiger partial charge in [-0.25, -0.2) is 9.97 Å². The van der Waals surface area contributed by atoms with Gasteiger partial charge in [-0.2, -0.15) is 18.2 Å². The lowest BCUT2D eigenvalue weighted by Gasteiger charge is -2.34. The number of nitrogens with two attached hydrogens (primary N) is 1. The van der Waals surface area contributed by atoms with E-state index in [1.165, 1.54) is 6.07 Å². The second kappa shape index (κ2) is 9.81. The number of hydrogen-bond donors (Lipinski definition) is 3. The third-order valence-corrected chi connectivity index (χ3v) is 7.35. The molecule has 1 saturated heterocycles. The normalized spacial score (nSPS) is 22.1. The summed E-state index contributed by atoms with van der Waals surface area (Å²) in [5, 5.41) is 6.50. The van der Waals surface area contributed by atoms with Gasteiger partial charge in [-0.1, -0.05) is 6.07 Å². The maximum absolute atomic E-state index is 13.3. The number of primary amides is 1. The zero-order valence-electron chi connectivity index (χ0n) is 20.5. The zero-order valence-corrected chi connectivity index (χ0v) is 20.5. The summed E-state index contributed by atoms with van der Waals surface area (Å²) in [6.07, 6.45) is 1.36. The molecule has 9 nitrogen and oxygen atoms in total. The Bertz CT molecular complexity index is 1280. The molecule has 12 heteroatoms. The highest BCUT2D eigenvalue weighted by Gasteiger charge is 2.32. The lowest BCUT2D eigenvalue weighted by molar-refractivity contribution is -0.137. The van der Waals surface area contributed by atoms with Crippen molar-refractivity contribution in [2.45, 2.75) is 63.2 Å². The van der Waals surface area contributed by atoms with E-state index in [1.54, 1.807) is 12.3 Å².